The average molecular weight is 531 g/mol. The van der Waals surface area contributed by atoms with Gasteiger partial charge in [0.1, 0.15) is 6.10 Å². The maximum atomic E-state index is 12.3. The van der Waals surface area contributed by atoms with E-state index in [2.05, 4.69) is 22.2 Å². The second-order valence-electron chi connectivity index (χ2n) is 6.76. The molecule has 0 saturated carbocycles. The molecule has 0 spiro atoms. The monoisotopic (exact) mass is 531 g/mol. The zero-order chi connectivity index (χ0) is 19.8. The topological polar surface area (TPSA) is 71.8 Å². The lowest BCUT2D eigenvalue weighted by molar-refractivity contribution is -0.00802. The van der Waals surface area contributed by atoms with E-state index < -0.39 is 10.8 Å². The van der Waals surface area contributed by atoms with E-state index in [4.69, 9.17) is 9.73 Å². The predicted molar refractivity (Wildman–Crippen MR) is 128 cm³/mol. The largest absolute Gasteiger partial charge is 0.370 e. The summed E-state index contributed by atoms with van der Waals surface area (Å²) in [5, 5.41) is 7.59. The number of benzene rings is 1. The van der Waals surface area contributed by atoms with Crippen molar-refractivity contribution in [2.24, 2.45) is 12.0 Å². The molecular weight excluding hydrogens is 501 g/mol. The third-order valence-electron chi connectivity index (χ3n) is 4.55. The molecule has 2 aromatic rings. The van der Waals surface area contributed by atoms with E-state index in [1.165, 1.54) is 0 Å². The number of aryl methyl sites for hydroxylation is 1. The highest BCUT2D eigenvalue weighted by Crippen LogP contribution is 2.21. The van der Waals surface area contributed by atoms with Crippen LogP contribution in [0.2, 0.25) is 0 Å². The van der Waals surface area contributed by atoms with E-state index in [-0.39, 0.29) is 30.1 Å². The van der Waals surface area contributed by atoms with Gasteiger partial charge in [0.25, 0.3) is 0 Å². The molecule has 0 amide bonds. The van der Waals surface area contributed by atoms with E-state index >= 15 is 0 Å². The molecule has 1 aliphatic rings. The standard InChI is InChI=1S/C20H29N5O2S.HI/c1-3-21-20(22-9-12-28(26)16-17-7-5-4-6-8-17)25-10-11-27-19(15-25)18-13-23-24(2)14-18;/h4-8,13-14,19H,3,9-12,15-16H2,1-2H3,(H,21,22);1H. The Hall–Kier alpha value is -1.46. The third kappa shape index (κ3) is 7.38. The van der Waals surface area contributed by atoms with Gasteiger partial charge in [-0.05, 0) is 12.5 Å². The average Bonchev–Trinajstić information content (AvgIpc) is 3.15. The summed E-state index contributed by atoms with van der Waals surface area (Å²) in [5.41, 5.74) is 2.18. The van der Waals surface area contributed by atoms with Gasteiger partial charge in [-0.3, -0.25) is 13.9 Å². The van der Waals surface area contributed by atoms with E-state index in [9.17, 15) is 4.21 Å². The van der Waals surface area contributed by atoms with Crippen molar-refractivity contribution >= 4 is 40.7 Å². The van der Waals surface area contributed by atoms with Gasteiger partial charge in [-0.15, -0.1) is 24.0 Å². The first-order valence-corrected chi connectivity index (χ1v) is 11.2. The number of hydrogen-bond acceptors (Lipinski definition) is 4. The molecule has 1 fully saturated rings. The molecule has 7 nitrogen and oxygen atoms in total. The number of rotatable bonds is 7. The van der Waals surface area contributed by atoms with Gasteiger partial charge < -0.3 is 15.0 Å². The van der Waals surface area contributed by atoms with Crippen LogP contribution >= 0.6 is 24.0 Å². The molecule has 0 aliphatic carbocycles. The van der Waals surface area contributed by atoms with Gasteiger partial charge in [0.15, 0.2) is 5.96 Å². The number of halogens is 1. The summed E-state index contributed by atoms with van der Waals surface area (Å²) in [7, 11) is 0.989. The quantitative estimate of drug-likeness (QED) is 0.338. The highest BCUT2D eigenvalue weighted by atomic mass is 127. The lowest BCUT2D eigenvalue weighted by Gasteiger charge is -2.34. The van der Waals surface area contributed by atoms with E-state index in [0.717, 1.165) is 36.7 Å². The van der Waals surface area contributed by atoms with Crippen LogP contribution in [0.25, 0.3) is 0 Å². The fourth-order valence-corrected chi connectivity index (χ4v) is 4.16. The van der Waals surface area contributed by atoms with Crippen LogP contribution in [-0.4, -0.2) is 63.4 Å². The molecule has 1 aromatic carbocycles. The first-order chi connectivity index (χ1) is 13.7. The second kappa shape index (κ2) is 12.3. The zero-order valence-electron chi connectivity index (χ0n) is 17.0. The highest BCUT2D eigenvalue weighted by molar-refractivity contribution is 14.0. The summed E-state index contributed by atoms with van der Waals surface area (Å²) in [5.74, 6) is 1.99. The molecule has 3 rings (SSSR count). The summed E-state index contributed by atoms with van der Waals surface area (Å²) < 4.78 is 20.1. The lowest BCUT2D eigenvalue weighted by Crippen LogP contribution is -2.48. The maximum Gasteiger partial charge on any atom is 0.194 e. The summed E-state index contributed by atoms with van der Waals surface area (Å²) in [6, 6.07) is 9.95. The second-order valence-corrected chi connectivity index (χ2v) is 8.34. The summed E-state index contributed by atoms with van der Waals surface area (Å²) in [6.07, 6.45) is 3.83. The van der Waals surface area contributed by atoms with Crippen LogP contribution in [0.15, 0.2) is 47.7 Å². The van der Waals surface area contributed by atoms with Crippen LogP contribution in [0.4, 0.5) is 0 Å². The smallest absolute Gasteiger partial charge is 0.194 e. The van der Waals surface area contributed by atoms with Crippen molar-refractivity contribution in [3.05, 3.63) is 53.9 Å². The van der Waals surface area contributed by atoms with Gasteiger partial charge in [-0.25, -0.2) is 0 Å². The number of aromatic nitrogens is 2. The van der Waals surface area contributed by atoms with Gasteiger partial charge in [0.2, 0.25) is 0 Å². The molecule has 160 valence electrons. The number of nitrogens with zero attached hydrogens (tertiary/aromatic N) is 4. The molecule has 1 aromatic heterocycles. The number of morpholine rings is 1. The van der Waals surface area contributed by atoms with Gasteiger partial charge in [0.05, 0.1) is 25.9 Å². The molecule has 0 radical (unpaired) electrons. The highest BCUT2D eigenvalue weighted by Gasteiger charge is 2.25. The van der Waals surface area contributed by atoms with Crippen LogP contribution in [0.1, 0.15) is 24.2 Å². The van der Waals surface area contributed by atoms with Crippen molar-refractivity contribution in [3.8, 4) is 0 Å². The Labute approximate surface area is 192 Å². The van der Waals surface area contributed by atoms with Crippen LogP contribution in [0.5, 0.6) is 0 Å². The van der Waals surface area contributed by atoms with Crippen molar-refractivity contribution in [2.45, 2.75) is 18.8 Å². The Bertz CT molecular complexity index is 799. The van der Waals surface area contributed by atoms with Gasteiger partial charge in [-0.1, -0.05) is 30.3 Å². The normalized spacial score (nSPS) is 18.2. The van der Waals surface area contributed by atoms with Crippen LogP contribution < -0.4 is 5.32 Å². The minimum Gasteiger partial charge on any atom is -0.370 e. The molecule has 0 bridgehead atoms. The van der Waals surface area contributed by atoms with Gasteiger partial charge in [0, 0.05) is 54.2 Å². The van der Waals surface area contributed by atoms with E-state index in [0.29, 0.717) is 24.7 Å². The molecule has 1 N–H and O–H groups in total. The fourth-order valence-electron chi connectivity index (χ4n) is 3.16. The fraction of sp³-hybridized carbons (Fsp3) is 0.500. The van der Waals surface area contributed by atoms with E-state index in [1.807, 2.05) is 49.8 Å². The summed E-state index contributed by atoms with van der Waals surface area (Å²) in [6.45, 7) is 5.55. The van der Waals surface area contributed by atoms with Crippen molar-refractivity contribution in [1.82, 2.24) is 20.0 Å². The Morgan fingerprint density at radius 2 is 2.17 bits per heavy atom. The Kier molecular flexibility index (Phi) is 10.1. The van der Waals surface area contributed by atoms with Gasteiger partial charge >= 0.3 is 0 Å². The summed E-state index contributed by atoms with van der Waals surface area (Å²) in [4.78, 5) is 6.93. The van der Waals surface area contributed by atoms with Crippen molar-refractivity contribution in [1.29, 1.82) is 0 Å². The number of nitrogens with one attached hydrogen (secondary N) is 1. The third-order valence-corrected chi connectivity index (χ3v) is 5.84. The van der Waals surface area contributed by atoms with Crippen LogP contribution in [0, 0.1) is 0 Å². The minimum absolute atomic E-state index is 0. The molecule has 2 atom stereocenters. The number of guanidine groups is 1. The van der Waals surface area contributed by atoms with E-state index in [1.54, 1.807) is 4.68 Å². The maximum absolute atomic E-state index is 12.3. The number of hydrogen-bond donors (Lipinski definition) is 1. The molecule has 2 unspecified atom stereocenters. The van der Waals surface area contributed by atoms with Crippen LogP contribution in [0.3, 0.4) is 0 Å². The minimum atomic E-state index is -0.919. The molecular formula is C20H30IN5O2S. The first-order valence-electron chi connectivity index (χ1n) is 9.68. The number of aliphatic imine (C=N–C) groups is 1. The van der Waals surface area contributed by atoms with Crippen LogP contribution in [-0.2, 0) is 28.3 Å². The zero-order valence-corrected chi connectivity index (χ0v) is 20.1. The Morgan fingerprint density at radius 1 is 1.38 bits per heavy atom. The number of ether oxygens (including phenoxy) is 1. The lowest BCUT2D eigenvalue weighted by atomic mass is 10.1. The molecule has 29 heavy (non-hydrogen) atoms. The Morgan fingerprint density at radius 3 is 2.86 bits per heavy atom. The van der Waals surface area contributed by atoms with Crippen molar-refractivity contribution < 1.29 is 8.95 Å². The molecule has 1 saturated heterocycles. The van der Waals surface area contributed by atoms with Crippen molar-refractivity contribution in [2.75, 3.05) is 38.5 Å². The Balaban J connectivity index is 0.00000300. The van der Waals surface area contributed by atoms with Gasteiger partial charge in [-0.2, -0.15) is 5.10 Å². The molecule has 9 heteroatoms. The SMILES string of the molecule is CCNC(=NCCS(=O)Cc1ccccc1)N1CCOC(c2cnn(C)c2)C1.I. The first kappa shape index (κ1) is 23.8. The molecule has 2 heterocycles. The molecule has 1 aliphatic heterocycles. The summed E-state index contributed by atoms with van der Waals surface area (Å²) >= 11 is 0. The predicted octanol–water partition coefficient (Wildman–Crippen LogP) is 2.33. The van der Waals surface area contributed by atoms with Crippen molar-refractivity contribution in [3.63, 3.8) is 0 Å².